The minimum absolute atomic E-state index is 0.131. The molecule has 1 aromatic rings. The van der Waals surface area contributed by atoms with Crippen LogP contribution in [-0.4, -0.2) is 13.4 Å². The lowest BCUT2D eigenvalue weighted by molar-refractivity contribution is -0.133. The first-order valence-electron chi connectivity index (χ1n) is 4.80. The molecule has 0 spiro atoms. The maximum Gasteiger partial charge on any atom is 0.177 e. The van der Waals surface area contributed by atoms with Crippen molar-refractivity contribution in [2.45, 2.75) is 18.8 Å². The predicted octanol–water partition coefficient (Wildman–Crippen LogP) is 2.68. The van der Waals surface area contributed by atoms with Gasteiger partial charge in [0.15, 0.2) is 6.29 Å². The van der Waals surface area contributed by atoms with Crippen molar-refractivity contribution in [2.75, 3.05) is 7.11 Å². The molecule has 74 valence electrons. The number of ether oxygens (including phenoxy) is 2. The Balaban J connectivity index is 2.10. The van der Waals surface area contributed by atoms with Gasteiger partial charge >= 0.3 is 0 Å². The predicted molar refractivity (Wildman–Crippen MR) is 54.8 cm³/mol. The van der Waals surface area contributed by atoms with Crippen LogP contribution in [0.2, 0.25) is 0 Å². The molecule has 14 heavy (non-hydrogen) atoms. The first-order valence-corrected chi connectivity index (χ1v) is 4.80. The maximum atomic E-state index is 5.71. The van der Waals surface area contributed by atoms with Crippen LogP contribution in [0.3, 0.4) is 0 Å². The summed E-state index contributed by atoms with van der Waals surface area (Å²) >= 11 is 0. The second kappa shape index (κ2) is 4.40. The smallest absolute Gasteiger partial charge is 0.177 e. The molecule has 1 aliphatic heterocycles. The van der Waals surface area contributed by atoms with E-state index in [4.69, 9.17) is 9.47 Å². The van der Waals surface area contributed by atoms with E-state index in [1.54, 1.807) is 7.11 Å². The lowest BCUT2D eigenvalue weighted by Crippen LogP contribution is -2.19. The van der Waals surface area contributed by atoms with Gasteiger partial charge in [-0.2, -0.15) is 0 Å². The van der Waals surface area contributed by atoms with Crippen molar-refractivity contribution in [2.24, 2.45) is 0 Å². The molecule has 1 heterocycles. The molecule has 0 unspecified atom stereocenters. The van der Waals surface area contributed by atoms with Gasteiger partial charge < -0.3 is 9.47 Å². The highest BCUT2D eigenvalue weighted by Crippen LogP contribution is 2.26. The highest BCUT2D eigenvalue weighted by atomic mass is 16.7. The summed E-state index contributed by atoms with van der Waals surface area (Å²) in [6.45, 7) is 0. The molecule has 0 aromatic heterocycles. The fraction of sp³-hybridized carbons (Fsp3) is 0.333. The summed E-state index contributed by atoms with van der Waals surface area (Å²) in [6, 6.07) is 10.2. The molecule has 0 saturated carbocycles. The quantitative estimate of drug-likeness (QED) is 0.667. The molecule has 0 N–H and O–H groups in total. The summed E-state index contributed by atoms with van der Waals surface area (Å²) in [6.07, 6.45) is 4.90. The van der Waals surface area contributed by atoms with Crippen LogP contribution in [0, 0.1) is 0 Å². The Morgan fingerprint density at radius 2 is 2.07 bits per heavy atom. The molecule has 2 rings (SSSR count). The maximum absolute atomic E-state index is 5.71. The Bertz CT molecular complexity index is 305. The highest BCUT2D eigenvalue weighted by molar-refractivity contribution is 5.19. The molecule has 0 saturated heterocycles. The van der Waals surface area contributed by atoms with Crippen LogP contribution in [0.15, 0.2) is 42.5 Å². The van der Waals surface area contributed by atoms with Crippen molar-refractivity contribution in [3.63, 3.8) is 0 Å². The standard InChI is InChI=1S/C12H14O2/c1-13-12-9-5-8-11(14-12)10-6-3-2-4-7-10/h2-7,9,11-12H,8H2,1H3/t11-,12+/m1/s1. The van der Waals surface area contributed by atoms with Crippen molar-refractivity contribution in [1.29, 1.82) is 0 Å². The molecule has 0 aliphatic carbocycles. The van der Waals surface area contributed by atoms with Crippen molar-refractivity contribution in [3.05, 3.63) is 48.0 Å². The first-order chi connectivity index (χ1) is 6.90. The van der Waals surface area contributed by atoms with Crippen molar-refractivity contribution in [3.8, 4) is 0 Å². The fourth-order valence-corrected chi connectivity index (χ4v) is 1.59. The SMILES string of the molecule is CO[C@@H]1C=CC[C@H](c2ccccc2)O1. The summed E-state index contributed by atoms with van der Waals surface area (Å²) in [4.78, 5) is 0. The highest BCUT2D eigenvalue weighted by Gasteiger charge is 2.18. The van der Waals surface area contributed by atoms with Gasteiger partial charge in [0.2, 0.25) is 0 Å². The van der Waals surface area contributed by atoms with Crippen LogP contribution in [0.1, 0.15) is 18.1 Å². The third kappa shape index (κ3) is 2.03. The average molecular weight is 190 g/mol. The number of benzene rings is 1. The topological polar surface area (TPSA) is 18.5 Å². The van der Waals surface area contributed by atoms with Crippen molar-refractivity contribution >= 4 is 0 Å². The lowest BCUT2D eigenvalue weighted by Gasteiger charge is -2.25. The summed E-state index contributed by atoms with van der Waals surface area (Å²) in [7, 11) is 1.66. The zero-order valence-corrected chi connectivity index (χ0v) is 8.22. The fourth-order valence-electron chi connectivity index (χ4n) is 1.59. The van der Waals surface area contributed by atoms with E-state index in [1.807, 2.05) is 24.3 Å². The number of hydrogen-bond acceptors (Lipinski definition) is 2. The lowest BCUT2D eigenvalue weighted by atomic mass is 10.1. The summed E-state index contributed by atoms with van der Waals surface area (Å²) in [5.41, 5.74) is 1.21. The van der Waals surface area contributed by atoms with E-state index >= 15 is 0 Å². The average Bonchev–Trinajstić information content (AvgIpc) is 2.30. The first kappa shape index (κ1) is 9.44. The van der Waals surface area contributed by atoms with Gasteiger partial charge in [0.05, 0.1) is 6.10 Å². The molecular formula is C12H14O2. The minimum atomic E-state index is -0.200. The largest absolute Gasteiger partial charge is 0.352 e. The Morgan fingerprint density at radius 1 is 1.29 bits per heavy atom. The number of hydrogen-bond donors (Lipinski definition) is 0. The van der Waals surface area contributed by atoms with Gasteiger partial charge in [0.25, 0.3) is 0 Å². The Kier molecular flexibility index (Phi) is 2.96. The summed E-state index contributed by atoms with van der Waals surface area (Å²) in [5, 5.41) is 0. The van der Waals surface area contributed by atoms with Crippen LogP contribution in [-0.2, 0) is 9.47 Å². The van der Waals surface area contributed by atoms with Crippen LogP contribution in [0.25, 0.3) is 0 Å². The van der Waals surface area contributed by atoms with Gasteiger partial charge in [-0.1, -0.05) is 36.4 Å². The van der Waals surface area contributed by atoms with E-state index in [9.17, 15) is 0 Å². The number of methoxy groups -OCH3 is 1. The van der Waals surface area contributed by atoms with Gasteiger partial charge in [0.1, 0.15) is 0 Å². The van der Waals surface area contributed by atoms with Crippen LogP contribution in [0.5, 0.6) is 0 Å². The van der Waals surface area contributed by atoms with Gasteiger partial charge in [-0.3, -0.25) is 0 Å². The molecule has 1 aromatic carbocycles. The van der Waals surface area contributed by atoms with Crippen LogP contribution < -0.4 is 0 Å². The Morgan fingerprint density at radius 3 is 2.79 bits per heavy atom. The molecule has 0 fully saturated rings. The molecule has 0 radical (unpaired) electrons. The van der Waals surface area contributed by atoms with Gasteiger partial charge in [-0.15, -0.1) is 0 Å². The van der Waals surface area contributed by atoms with Crippen molar-refractivity contribution < 1.29 is 9.47 Å². The van der Waals surface area contributed by atoms with Gasteiger partial charge in [0, 0.05) is 7.11 Å². The minimum Gasteiger partial charge on any atom is -0.352 e. The third-order valence-corrected chi connectivity index (χ3v) is 2.35. The zero-order chi connectivity index (χ0) is 9.80. The van der Waals surface area contributed by atoms with Crippen LogP contribution in [0.4, 0.5) is 0 Å². The summed E-state index contributed by atoms with van der Waals surface area (Å²) in [5.74, 6) is 0. The number of rotatable bonds is 2. The molecule has 0 amide bonds. The normalized spacial score (nSPS) is 26.4. The Hall–Kier alpha value is -1.12. The van der Waals surface area contributed by atoms with Gasteiger partial charge in [-0.25, -0.2) is 0 Å². The monoisotopic (exact) mass is 190 g/mol. The Labute approximate surface area is 84.2 Å². The third-order valence-electron chi connectivity index (χ3n) is 2.35. The van der Waals surface area contributed by atoms with E-state index in [0.717, 1.165) is 6.42 Å². The molecule has 2 atom stereocenters. The second-order valence-electron chi connectivity index (χ2n) is 3.30. The second-order valence-corrected chi connectivity index (χ2v) is 3.30. The van der Waals surface area contributed by atoms with E-state index in [1.165, 1.54) is 5.56 Å². The van der Waals surface area contributed by atoms with E-state index < -0.39 is 0 Å². The molecular weight excluding hydrogens is 176 g/mol. The van der Waals surface area contributed by atoms with Crippen LogP contribution >= 0.6 is 0 Å². The summed E-state index contributed by atoms with van der Waals surface area (Å²) < 4.78 is 10.8. The van der Waals surface area contributed by atoms with E-state index in [2.05, 4.69) is 18.2 Å². The van der Waals surface area contributed by atoms with E-state index in [0.29, 0.717) is 0 Å². The molecule has 2 nitrogen and oxygen atoms in total. The van der Waals surface area contributed by atoms with Crippen molar-refractivity contribution in [1.82, 2.24) is 0 Å². The molecule has 1 aliphatic rings. The zero-order valence-electron chi connectivity index (χ0n) is 8.22. The van der Waals surface area contributed by atoms with E-state index in [-0.39, 0.29) is 12.4 Å². The van der Waals surface area contributed by atoms with Gasteiger partial charge in [-0.05, 0) is 18.1 Å². The molecule has 2 heteroatoms. The molecule has 0 bridgehead atoms.